The van der Waals surface area contributed by atoms with Crippen molar-refractivity contribution in [3.8, 4) is 0 Å². The molecule has 0 saturated heterocycles. The Morgan fingerprint density at radius 1 is 1.13 bits per heavy atom. The monoisotopic (exact) mass is 422 g/mol. The minimum atomic E-state index is -4.72. The first-order valence-corrected chi connectivity index (χ1v) is 10.1. The molecule has 162 valence electrons. The second kappa shape index (κ2) is 9.49. The molecule has 0 amide bonds. The number of anilines is 1. The molecule has 1 aliphatic heterocycles. The Hall–Kier alpha value is -2.57. The van der Waals surface area contributed by atoms with Crippen LogP contribution >= 0.6 is 0 Å². The maximum Gasteiger partial charge on any atom is 0.419 e. The molecule has 1 atom stereocenters. The van der Waals surface area contributed by atoms with Crippen LogP contribution in [-0.4, -0.2) is 25.1 Å². The Kier molecular flexibility index (Phi) is 7.00. The molecule has 1 aliphatic rings. The van der Waals surface area contributed by atoms with E-state index < -0.39 is 17.6 Å². The molecule has 3 rings (SSSR count). The van der Waals surface area contributed by atoms with E-state index in [2.05, 4.69) is 11.9 Å². The van der Waals surface area contributed by atoms with E-state index in [-0.39, 0.29) is 6.04 Å². The van der Waals surface area contributed by atoms with E-state index in [0.717, 1.165) is 48.4 Å². The number of aliphatic imine (C=N–C) groups is 1. The molecule has 0 unspecified atom stereocenters. The van der Waals surface area contributed by atoms with Crippen LogP contribution in [0.25, 0.3) is 0 Å². The molecule has 0 N–H and O–H groups in total. The fraction of sp³-hybridized carbons (Fsp3) is 0.435. The molecule has 0 spiro atoms. The van der Waals surface area contributed by atoms with Crippen LogP contribution in [-0.2, 0) is 17.5 Å². The van der Waals surface area contributed by atoms with Crippen LogP contribution in [0, 0.1) is 12.7 Å². The van der Waals surface area contributed by atoms with Gasteiger partial charge in [-0.2, -0.15) is 13.2 Å². The van der Waals surface area contributed by atoms with E-state index in [1.807, 2.05) is 36.1 Å². The minimum Gasteiger partial charge on any atom is -0.479 e. The van der Waals surface area contributed by atoms with Crippen molar-refractivity contribution in [3.05, 3.63) is 65.0 Å². The molecular formula is C23H26F4N2O. The van der Waals surface area contributed by atoms with Gasteiger partial charge in [0.05, 0.1) is 5.56 Å². The number of halogens is 4. The number of hydrogen-bond donors (Lipinski definition) is 0. The van der Waals surface area contributed by atoms with Gasteiger partial charge in [0.1, 0.15) is 18.5 Å². The number of benzene rings is 2. The molecular weight excluding hydrogens is 396 g/mol. The van der Waals surface area contributed by atoms with Crippen molar-refractivity contribution in [2.24, 2.45) is 4.99 Å². The summed E-state index contributed by atoms with van der Waals surface area (Å²) in [5.41, 5.74) is 1.22. The molecule has 30 heavy (non-hydrogen) atoms. The average Bonchev–Trinajstić information content (AvgIpc) is 3.14. The van der Waals surface area contributed by atoms with E-state index >= 15 is 0 Å². The highest BCUT2D eigenvalue weighted by atomic mass is 19.4. The Balaban J connectivity index is 1.83. The van der Waals surface area contributed by atoms with Gasteiger partial charge in [-0.3, -0.25) is 0 Å². The van der Waals surface area contributed by atoms with Crippen molar-refractivity contribution in [2.75, 3.05) is 18.1 Å². The molecule has 3 nitrogen and oxygen atoms in total. The predicted octanol–water partition coefficient (Wildman–Crippen LogP) is 6.15. The lowest BCUT2D eigenvalue weighted by atomic mass is 10.1. The highest BCUT2D eigenvalue weighted by Gasteiger charge is 2.34. The van der Waals surface area contributed by atoms with Gasteiger partial charge in [-0.05, 0) is 37.1 Å². The van der Waals surface area contributed by atoms with Gasteiger partial charge in [0.25, 0.3) is 0 Å². The molecule has 0 aromatic heterocycles. The van der Waals surface area contributed by atoms with Crippen LogP contribution in [0.5, 0.6) is 0 Å². The Labute approximate surface area is 174 Å². The summed E-state index contributed by atoms with van der Waals surface area (Å²) in [6, 6.07) is 10.8. The third-order valence-electron chi connectivity index (χ3n) is 5.06. The normalized spacial score (nSPS) is 16.3. The number of ether oxygens (including phenoxy) is 1. The van der Waals surface area contributed by atoms with E-state index in [4.69, 9.17) is 4.74 Å². The molecule has 2 aromatic carbocycles. The first-order chi connectivity index (χ1) is 14.3. The summed E-state index contributed by atoms with van der Waals surface area (Å²) < 4.78 is 58.7. The first-order valence-electron chi connectivity index (χ1n) is 10.1. The van der Waals surface area contributed by atoms with Gasteiger partial charge in [0.2, 0.25) is 0 Å². The summed E-state index contributed by atoms with van der Waals surface area (Å²) in [6.45, 7) is 5.35. The first kappa shape index (κ1) is 22.1. The summed E-state index contributed by atoms with van der Waals surface area (Å²) in [5, 5.41) is 0. The quantitative estimate of drug-likeness (QED) is 0.477. The molecule has 2 aromatic rings. The smallest absolute Gasteiger partial charge is 0.419 e. The average molecular weight is 422 g/mol. The van der Waals surface area contributed by atoms with Gasteiger partial charge in [-0.15, -0.1) is 0 Å². The third-order valence-corrected chi connectivity index (χ3v) is 5.06. The molecule has 0 bridgehead atoms. The van der Waals surface area contributed by atoms with Crippen LogP contribution in [0.15, 0.2) is 47.5 Å². The van der Waals surface area contributed by atoms with Gasteiger partial charge in [-0.25, -0.2) is 9.38 Å². The van der Waals surface area contributed by atoms with Gasteiger partial charge in [0, 0.05) is 25.2 Å². The second-order valence-electron chi connectivity index (χ2n) is 7.62. The molecule has 7 heteroatoms. The molecule has 0 saturated carbocycles. The van der Waals surface area contributed by atoms with Crippen molar-refractivity contribution in [1.29, 1.82) is 0 Å². The van der Waals surface area contributed by atoms with Gasteiger partial charge < -0.3 is 9.64 Å². The zero-order valence-corrected chi connectivity index (χ0v) is 17.2. The summed E-state index contributed by atoms with van der Waals surface area (Å²) in [6.07, 6.45) is -1.91. The van der Waals surface area contributed by atoms with Gasteiger partial charge in [0.15, 0.2) is 5.90 Å². The van der Waals surface area contributed by atoms with E-state index in [1.54, 1.807) is 0 Å². The molecule has 0 radical (unpaired) electrons. The lowest BCUT2D eigenvalue weighted by Gasteiger charge is -2.27. The van der Waals surface area contributed by atoms with Crippen LogP contribution < -0.4 is 4.90 Å². The highest BCUT2D eigenvalue weighted by Crippen LogP contribution is 2.33. The zero-order chi connectivity index (χ0) is 21.7. The Bertz CT molecular complexity index is 878. The lowest BCUT2D eigenvalue weighted by molar-refractivity contribution is -0.139. The predicted molar refractivity (Wildman–Crippen MR) is 110 cm³/mol. The Morgan fingerprint density at radius 3 is 2.50 bits per heavy atom. The molecule has 0 fully saturated rings. The highest BCUT2D eigenvalue weighted by molar-refractivity contribution is 5.77. The summed E-state index contributed by atoms with van der Waals surface area (Å²) in [7, 11) is 0. The standard InChI is InChI=1S/C23H26F4N2O/c1-3-4-5-22-28-18(15-30-22)14-29(13-17-8-6-16(2)7-9-17)19-10-11-20(21(24)12-19)23(25,26)27/h6-12,18H,3-5,13-15H2,1-2H3/t18-/m0/s1. The van der Waals surface area contributed by atoms with Crippen molar-refractivity contribution in [1.82, 2.24) is 0 Å². The van der Waals surface area contributed by atoms with Crippen LogP contribution in [0.1, 0.15) is 42.9 Å². The van der Waals surface area contributed by atoms with Gasteiger partial charge >= 0.3 is 6.18 Å². The number of hydrogen-bond acceptors (Lipinski definition) is 3. The SMILES string of the molecule is CCCCC1=N[C@@H](CN(Cc2ccc(C)cc2)c2ccc(C(F)(F)F)c(F)c2)CO1. The minimum absolute atomic E-state index is 0.146. The van der Waals surface area contributed by atoms with Gasteiger partial charge in [-0.1, -0.05) is 43.2 Å². The lowest BCUT2D eigenvalue weighted by Crippen LogP contribution is -2.32. The van der Waals surface area contributed by atoms with Crippen molar-refractivity contribution < 1.29 is 22.3 Å². The van der Waals surface area contributed by atoms with E-state index in [0.29, 0.717) is 25.4 Å². The number of rotatable bonds is 8. The third kappa shape index (κ3) is 5.74. The fourth-order valence-electron chi connectivity index (χ4n) is 3.39. The number of nitrogens with zero attached hydrogens (tertiary/aromatic N) is 2. The maximum atomic E-state index is 14.2. The number of alkyl halides is 3. The summed E-state index contributed by atoms with van der Waals surface area (Å²) in [5.74, 6) is -0.556. The van der Waals surface area contributed by atoms with Crippen LogP contribution in [0.3, 0.4) is 0 Å². The summed E-state index contributed by atoms with van der Waals surface area (Å²) in [4.78, 5) is 6.46. The molecule has 0 aliphatic carbocycles. The topological polar surface area (TPSA) is 24.8 Å². The fourth-order valence-corrected chi connectivity index (χ4v) is 3.39. The molecule has 1 heterocycles. The van der Waals surface area contributed by atoms with Crippen LogP contribution in [0.2, 0.25) is 0 Å². The van der Waals surface area contributed by atoms with E-state index in [1.165, 1.54) is 6.07 Å². The largest absolute Gasteiger partial charge is 0.479 e. The maximum absolute atomic E-state index is 14.2. The van der Waals surface area contributed by atoms with Crippen LogP contribution in [0.4, 0.5) is 23.2 Å². The van der Waals surface area contributed by atoms with Crippen molar-refractivity contribution >= 4 is 11.6 Å². The van der Waals surface area contributed by atoms with E-state index in [9.17, 15) is 17.6 Å². The summed E-state index contributed by atoms with van der Waals surface area (Å²) >= 11 is 0. The number of unbranched alkanes of at least 4 members (excludes halogenated alkanes) is 1. The van der Waals surface area contributed by atoms with Crippen molar-refractivity contribution in [2.45, 2.75) is 51.9 Å². The Morgan fingerprint density at radius 2 is 1.87 bits per heavy atom. The van der Waals surface area contributed by atoms with Crippen molar-refractivity contribution in [3.63, 3.8) is 0 Å². The number of aryl methyl sites for hydroxylation is 1. The zero-order valence-electron chi connectivity index (χ0n) is 17.2. The second-order valence-corrected chi connectivity index (χ2v) is 7.62.